The third kappa shape index (κ3) is 2.78. The van der Waals surface area contributed by atoms with Crippen molar-refractivity contribution >= 4 is 43.2 Å². The molecule has 2 aromatic rings. The summed E-state index contributed by atoms with van der Waals surface area (Å²) in [5.41, 5.74) is 2.47. The van der Waals surface area contributed by atoms with Crippen LogP contribution in [0.4, 0.5) is 0 Å². The van der Waals surface area contributed by atoms with Crippen LogP contribution in [-0.2, 0) is 0 Å². The Morgan fingerprint density at radius 3 is 2.71 bits per heavy atom. The molecule has 2 nitrogen and oxygen atoms in total. The predicted octanol–water partition coefficient (Wildman–Crippen LogP) is 4.29. The zero-order valence-electron chi connectivity index (χ0n) is 9.50. The van der Waals surface area contributed by atoms with Crippen LogP contribution in [0.1, 0.15) is 22.0 Å². The summed E-state index contributed by atoms with van der Waals surface area (Å²) in [4.78, 5) is 5.48. The molecule has 1 unspecified atom stereocenters. The topological polar surface area (TPSA) is 24.9 Å². The molecule has 0 fully saturated rings. The Kier molecular flexibility index (Phi) is 4.36. The van der Waals surface area contributed by atoms with E-state index in [1.165, 1.54) is 16.0 Å². The minimum absolute atomic E-state index is 0.191. The van der Waals surface area contributed by atoms with Gasteiger partial charge in [-0.1, -0.05) is 0 Å². The lowest BCUT2D eigenvalue weighted by atomic mass is 10.0. The molecule has 2 heterocycles. The van der Waals surface area contributed by atoms with Crippen molar-refractivity contribution in [2.24, 2.45) is 0 Å². The van der Waals surface area contributed by atoms with E-state index >= 15 is 0 Å². The van der Waals surface area contributed by atoms with E-state index in [1.54, 1.807) is 11.3 Å². The van der Waals surface area contributed by atoms with Crippen LogP contribution in [0.3, 0.4) is 0 Å². The molecule has 5 heteroatoms. The second-order valence-electron chi connectivity index (χ2n) is 3.72. The van der Waals surface area contributed by atoms with E-state index in [0.717, 1.165) is 8.26 Å². The van der Waals surface area contributed by atoms with Crippen LogP contribution in [0, 0.1) is 6.92 Å². The zero-order chi connectivity index (χ0) is 12.4. The number of hydrogen-bond acceptors (Lipinski definition) is 3. The zero-order valence-corrected chi connectivity index (χ0v) is 13.5. The van der Waals surface area contributed by atoms with Crippen LogP contribution in [0.2, 0.25) is 0 Å². The summed E-state index contributed by atoms with van der Waals surface area (Å²) in [5, 5.41) is 3.34. The molecule has 1 atom stereocenters. The summed E-state index contributed by atoms with van der Waals surface area (Å²) in [7, 11) is 1.97. The highest BCUT2D eigenvalue weighted by atomic mass is 79.9. The number of nitrogens with zero attached hydrogens (tertiary/aromatic N) is 1. The van der Waals surface area contributed by atoms with E-state index in [9.17, 15) is 0 Å². The maximum atomic E-state index is 4.21. The maximum Gasteiger partial charge on any atom is 0.0843 e. The third-order valence-corrected chi connectivity index (χ3v) is 5.95. The molecule has 0 aliphatic rings. The molecule has 0 bridgehead atoms. The van der Waals surface area contributed by atoms with Crippen LogP contribution in [0.25, 0.3) is 0 Å². The predicted molar refractivity (Wildman–Crippen MR) is 79.6 cm³/mol. The molecule has 0 spiro atoms. The summed E-state index contributed by atoms with van der Waals surface area (Å²) in [6.07, 6.45) is 3.75. The minimum Gasteiger partial charge on any atom is -0.309 e. The molecule has 2 aromatic heterocycles. The minimum atomic E-state index is 0.191. The summed E-state index contributed by atoms with van der Waals surface area (Å²) in [6, 6.07) is 4.37. The number of nitrogens with one attached hydrogen (secondary N) is 1. The Bertz CT molecular complexity index is 505. The van der Waals surface area contributed by atoms with E-state index in [4.69, 9.17) is 0 Å². The van der Waals surface area contributed by atoms with Gasteiger partial charge in [-0.05, 0) is 69.1 Å². The SMILES string of the molecule is CNC(c1cc(Br)c(Br)s1)c1cnccc1C. The second kappa shape index (κ2) is 5.61. The lowest BCUT2D eigenvalue weighted by Gasteiger charge is -2.16. The first kappa shape index (κ1) is 13.2. The fourth-order valence-electron chi connectivity index (χ4n) is 1.74. The average molecular weight is 376 g/mol. The van der Waals surface area contributed by atoms with Crippen LogP contribution in [0.5, 0.6) is 0 Å². The van der Waals surface area contributed by atoms with Gasteiger partial charge >= 0.3 is 0 Å². The number of halogens is 2. The molecule has 0 amide bonds. The van der Waals surface area contributed by atoms with Crippen LogP contribution in [0.15, 0.2) is 32.8 Å². The Morgan fingerprint density at radius 1 is 1.41 bits per heavy atom. The van der Waals surface area contributed by atoms with E-state index in [1.807, 2.05) is 25.5 Å². The van der Waals surface area contributed by atoms with Gasteiger partial charge < -0.3 is 5.32 Å². The Hall–Kier alpha value is -0.230. The summed E-state index contributed by atoms with van der Waals surface area (Å²) in [5.74, 6) is 0. The van der Waals surface area contributed by atoms with Crippen molar-refractivity contribution in [1.82, 2.24) is 10.3 Å². The molecule has 0 saturated heterocycles. The summed E-state index contributed by atoms with van der Waals surface area (Å²) < 4.78 is 2.22. The standard InChI is InChI=1S/C12H12Br2N2S/c1-7-3-4-16-6-8(7)11(15-2)10-5-9(13)12(14)17-10/h3-6,11,15H,1-2H3. The van der Waals surface area contributed by atoms with Crippen molar-refractivity contribution in [2.75, 3.05) is 7.05 Å². The first-order valence-corrected chi connectivity index (χ1v) is 7.56. The van der Waals surface area contributed by atoms with Gasteiger partial charge in [-0.3, -0.25) is 4.98 Å². The van der Waals surface area contributed by atoms with Crippen molar-refractivity contribution in [3.63, 3.8) is 0 Å². The molecule has 0 aliphatic heterocycles. The molecule has 0 radical (unpaired) electrons. The van der Waals surface area contributed by atoms with E-state index in [2.05, 4.69) is 55.2 Å². The quantitative estimate of drug-likeness (QED) is 0.865. The second-order valence-corrected chi connectivity index (χ2v) is 6.98. The van der Waals surface area contributed by atoms with Gasteiger partial charge in [0.1, 0.15) is 0 Å². The van der Waals surface area contributed by atoms with E-state index in [0.29, 0.717) is 0 Å². The highest BCUT2D eigenvalue weighted by Gasteiger charge is 2.17. The monoisotopic (exact) mass is 374 g/mol. The van der Waals surface area contributed by atoms with Gasteiger partial charge in [0.25, 0.3) is 0 Å². The molecular formula is C12H12Br2N2S. The Balaban J connectivity index is 2.44. The number of thiophene rings is 1. The van der Waals surface area contributed by atoms with Crippen molar-refractivity contribution in [3.8, 4) is 0 Å². The largest absolute Gasteiger partial charge is 0.309 e. The van der Waals surface area contributed by atoms with Crippen LogP contribution in [-0.4, -0.2) is 12.0 Å². The highest BCUT2D eigenvalue weighted by molar-refractivity contribution is 9.13. The van der Waals surface area contributed by atoms with Gasteiger partial charge in [0.2, 0.25) is 0 Å². The number of aryl methyl sites for hydroxylation is 1. The van der Waals surface area contributed by atoms with Gasteiger partial charge in [0.15, 0.2) is 0 Å². The average Bonchev–Trinajstić information content (AvgIpc) is 2.63. The lowest BCUT2D eigenvalue weighted by molar-refractivity contribution is 0.696. The van der Waals surface area contributed by atoms with Crippen molar-refractivity contribution in [3.05, 3.63) is 48.8 Å². The van der Waals surface area contributed by atoms with Crippen molar-refractivity contribution < 1.29 is 0 Å². The summed E-state index contributed by atoms with van der Waals surface area (Å²) >= 11 is 8.79. The fourth-order valence-corrected chi connectivity index (χ4v) is 3.95. The van der Waals surface area contributed by atoms with Crippen LogP contribution >= 0.6 is 43.2 Å². The highest BCUT2D eigenvalue weighted by Crippen LogP contribution is 2.37. The van der Waals surface area contributed by atoms with Gasteiger partial charge in [0.05, 0.1) is 9.83 Å². The Morgan fingerprint density at radius 2 is 2.18 bits per heavy atom. The molecule has 2 rings (SSSR count). The fraction of sp³-hybridized carbons (Fsp3) is 0.250. The van der Waals surface area contributed by atoms with E-state index < -0.39 is 0 Å². The van der Waals surface area contributed by atoms with E-state index in [-0.39, 0.29) is 6.04 Å². The van der Waals surface area contributed by atoms with Crippen molar-refractivity contribution in [2.45, 2.75) is 13.0 Å². The summed E-state index contributed by atoms with van der Waals surface area (Å²) in [6.45, 7) is 2.11. The normalized spacial score (nSPS) is 12.7. The molecule has 0 aliphatic carbocycles. The first-order valence-electron chi connectivity index (χ1n) is 5.16. The molecule has 90 valence electrons. The van der Waals surface area contributed by atoms with Gasteiger partial charge in [0, 0.05) is 21.7 Å². The number of rotatable bonds is 3. The number of hydrogen-bond donors (Lipinski definition) is 1. The number of pyridine rings is 1. The van der Waals surface area contributed by atoms with Crippen LogP contribution < -0.4 is 5.32 Å². The number of aromatic nitrogens is 1. The molecule has 17 heavy (non-hydrogen) atoms. The third-order valence-electron chi connectivity index (χ3n) is 2.63. The Labute approximate surface area is 122 Å². The van der Waals surface area contributed by atoms with Gasteiger partial charge in [-0.2, -0.15) is 0 Å². The van der Waals surface area contributed by atoms with Gasteiger partial charge in [-0.15, -0.1) is 11.3 Å². The molecule has 1 N–H and O–H groups in total. The molecule has 0 aromatic carbocycles. The molecule has 0 saturated carbocycles. The van der Waals surface area contributed by atoms with Gasteiger partial charge in [-0.25, -0.2) is 0 Å². The first-order chi connectivity index (χ1) is 8.13. The maximum absolute atomic E-state index is 4.21. The van der Waals surface area contributed by atoms with Crippen molar-refractivity contribution in [1.29, 1.82) is 0 Å². The lowest BCUT2D eigenvalue weighted by Crippen LogP contribution is -2.17. The smallest absolute Gasteiger partial charge is 0.0843 e. The molecular weight excluding hydrogens is 364 g/mol.